The van der Waals surface area contributed by atoms with Crippen molar-refractivity contribution in [2.24, 2.45) is 17.6 Å². The lowest BCUT2D eigenvalue weighted by atomic mass is 9.94. The monoisotopic (exact) mass is 703 g/mol. The number of phenols is 1. The summed E-state index contributed by atoms with van der Waals surface area (Å²) in [5.41, 5.74) is 6.77. The summed E-state index contributed by atoms with van der Waals surface area (Å²) in [4.78, 5) is 69.8. The van der Waals surface area contributed by atoms with Crippen molar-refractivity contribution in [2.75, 3.05) is 13.6 Å². The standard InChI is InChI=1S/C37H61N5O8/c1-7-9-10-11-12-14-27(38)32(44)34(46)40-31(24(5)8-2)36(48)41(6)30(21-23(3)4)35(47)42-20-13-15-29(42)33(45)39-28(37(49)50)22-25-16-18-26(43)19-17-25/h16-19,23-24,27-32,43-44H,7-15,20-22,38H2,1-6H3,(H,39,45)(H,40,46)(H,49,50)/t24-,27-,28+,29+,30+,31+,32-/m1/s1. The number of aliphatic carboxylic acids is 1. The molecule has 2 rings (SSSR count). The first-order valence-electron chi connectivity index (χ1n) is 18.2. The molecule has 4 amide bonds. The maximum absolute atomic E-state index is 14.2. The molecule has 13 nitrogen and oxygen atoms in total. The number of nitrogens with zero attached hydrogens (tertiary/aromatic N) is 2. The summed E-state index contributed by atoms with van der Waals surface area (Å²) >= 11 is 0. The molecule has 1 fully saturated rings. The predicted molar refractivity (Wildman–Crippen MR) is 191 cm³/mol. The van der Waals surface area contributed by atoms with E-state index in [1.54, 1.807) is 12.1 Å². The van der Waals surface area contributed by atoms with Gasteiger partial charge in [-0.25, -0.2) is 4.79 Å². The lowest BCUT2D eigenvalue weighted by Gasteiger charge is -2.37. The molecule has 0 saturated carbocycles. The molecule has 0 aromatic heterocycles. The number of likely N-dealkylation sites (tertiary alicyclic amines) is 1. The SMILES string of the molecule is CCCCCCC[C@@H](N)[C@@H](O)C(=O)N[C@H](C(=O)N(C)[C@@H](CC(C)C)C(=O)N1CCC[C@H]1C(=O)N[C@@H](Cc1ccc(O)cc1)C(=O)O)[C@H](C)CC. The van der Waals surface area contributed by atoms with Gasteiger partial charge in [0.2, 0.25) is 17.7 Å². The van der Waals surface area contributed by atoms with Gasteiger partial charge >= 0.3 is 5.97 Å². The number of hydrogen-bond acceptors (Lipinski definition) is 8. The number of aliphatic hydroxyl groups excluding tert-OH is 1. The van der Waals surface area contributed by atoms with E-state index < -0.39 is 65.9 Å². The second-order valence-electron chi connectivity index (χ2n) is 14.2. The summed E-state index contributed by atoms with van der Waals surface area (Å²) in [5, 5.41) is 35.4. The smallest absolute Gasteiger partial charge is 0.326 e. The second-order valence-corrected chi connectivity index (χ2v) is 14.2. The summed E-state index contributed by atoms with van der Waals surface area (Å²) in [5.74, 6) is -3.79. The number of aliphatic hydroxyl groups is 1. The number of carboxylic acids is 1. The molecule has 7 N–H and O–H groups in total. The molecule has 282 valence electrons. The molecule has 0 unspecified atom stereocenters. The Morgan fingerprint density at radius 3 is 2.22 bits per heavy atom. The fourth-order valence-corrected chi connectivity index (χ4v) is 6.33. The Bertz CT molecular complexity index is 1260. The van der Waals surface area contributed by atoms with Crippen LogP contribution < -0.4 is 16.4 Å². The van der Waals surface area contributed by atoms with Crippen molar-refractivity contribution < 1.29 is 39.3 Å². The van der Waals surface area contributed by atoms with Crippen LogP contribution in [-0.2, 0) is 30.4 Å². The first-order chi connectivity index (χ1) is 23.6. The third-order valence-corrected chi connectivity index (χ3v) is 9.72. The quantitative estimate of drug-likeness (QED) is 0.104. The van der Waals surface area contributed by atoms with E-state index >= 15 is 0 Å². The average molecular weight is 704 g/mol. The van der Waals surface area contributed by atoms with Crippen molar-refractivity contribution in [3.8, 4) is 5.75 Å². The van der Waals surface area contributed by atoms with Gasteiger partial charge < -0.3 is 41.5 Å². The molecule has 0 aliphatic carbocycles. The highest BCUT2D eigenvalue weighted by Crippen LogP contribution is 2.24. The topological polar surface area (TPSA) is 203 Å². The molecule has 1 aromatic rings. The summed E-state index contributed by atoms with van der Waals surface area (Å²) in [6.07, 6.45) is 5.66. The first kappa shape index (κ1) is 42.5. The number of carbonyl (C=O) groups excluding carboxylic acids is 4. The predicted octanol–water partition coefficient (Wildman–Crippen LogP) is 2.95. The van der Waals surface area contributed by atoms with Crippen LogP contribution in [0.1, 0.15) is 104 Å². The van der Waals surface area contributed by atoms with Gasteiger partial charge in [0, 0.05) is 26.1 Å². The van der Waals surface area contributed by atoms with Gasteiger partial charge in [-0.15, -0.1) is 0 Å². The minimum absolute atomic E-state index is 0.00966. The normalized spacial score (nSPS) is 18.1. The molecule has 0 bridgehead atoms. The Morgan fingerprint density at radius 1 is 1.00 bits per heavy atom. The fourth-order valence-electron chi connectivity index (χ4n) is 6.33. The molecular weight excluding hydrogens is 642 g/mol. The van der Waals surface area contributed by atoms with Gasteiger partial charge in [-0.2, -0.15) is 0 Å². The highest BCUT2D eigenvalue weighted by atomic mass is 16.4. The first-order valence-corrected chi connectivity index (χ1v) is 18.2. The van der Waals surface area contributed by atoms with Crippen molar-refractivity contribution in [3.63, 3.8) is 0 Å². The van der Waals surface area contributed by atoms with E-state index in [4.69, 9.17) is 5.73 Å². The lowest BCUT2D eigenvalue weighted by molar-refractivity contribution is -0.150. The molecule has 0 radical (unpaired) electrons. The van der Waals surface area contributed by atoms with Gasteiger partial charge in [0.15, 0.2) is 0 Å². The highest BCUT2D eigenvalue weighted by molar-refractivity contribution is 5.95. The van der Waals surface area contributed by atoms with Gasteiger partial charge in [-0.1, -0.05) is 85.3 Å². The Kier molecular flexibility index (Phi) is 17.7. The Labute approximate surface area is 297 Å². The third kappa shape index (κ3) is 12.6. The number of carbonyl (C=O) groups is 5. The van der Waals surface area contributed by atoms with E-state index in [1.807, 2.05) is 27.7 Å². The summed E-state index contributed by atoms with van der Waals surface area (Å²) < 4.78 is 0. The zero-order chi connectivity index (χ0) is 37.5. The van der Waals surface area contributed by atoms with Crippen LogP contribution in [0.25, 0.3) is 0 Å². The molecule has 1 aliphatic heterocycles. The van der Waals surface area contributed by atoms with Gasteiger partial charge in [0.1, 0.15) is 36.0 Å². The Hall–Kier alpha value is -3.71. The third-order valence-electron chi connectivity index (χ3n) is 9.72. The van der Waals surface area contributed by atoms with Crippen LogP contribution in [0.3, 0.4) is 0 Å². The highest BCUT2D eigenvalue weighted by Gasteiger charge is 2.42. The molecular formula is C37H61N5O8. The van der Waals surface area contributed by atoms with Gasteiger partial charge in [0.25, 0.3) is 5.91 Å². The summed E-state index contributed by atoms with van der Waals surface area (Å²) in [6, 6.07) is 1.07. The minimum Gasteiger partial charge on any atom is -0.508 e. The van der Waals surface area contributed by atoms with Crippen molar-refractivity contribution >= 4 is 29.6 Å². The molecule has 13 heteroatoms. The molecule has 1 aromatic carbocycles. The van der Waals surface area contributed by atoms with Crippen LogP contribution in [0.4, 0.5) is 0 Å². The van der Waals surface area contributed by atoms with Crippen molar-refractivity contribution in [3.05, 3.63) is 29.8 Å². The van der Waals surface area contributed by atoms with E-state index in [9.17, 15) is 39.3 Å². The number of rotatable bonds is 21. The summed E-state index contributed by atoms with van der Waals surface area (Å²) in [7, 11) is 1.51. The van der Waals surface area contributed by atoms with E-state index in [0.29, 0.717) is 31.2 Å². The number of benzene rings is 1. The van der Waals surface area contributed by atoms with E-state index in [1.165, 1.54) is 29.0 Å². The zero-order valence-electron chi connectivity index (χ0n) is 30.8. The molecule has 1 aliphatic rings. The molecule has 0 spiro atoms. The van der Waals surface area contributed by atoms with Crippen LogP contribution in [0.2, 0.25) is 0 Å². The number of hydrogen-bond donors (Lipinski definition) is 6. The van der Waals surface area contributed by atoms with Crippen LogP contribution >= 0.6 is 0 Å². The number of nitrogens with one attached hydrogen (secondary N) is 2. The summed E-state index contributed by atoms with van der Waals surface area (Å²) in [6.45, 7) is 9.91. The molecule has 50 heavy (non-hydrogen) atoms. The van der Waals surface area contributed by atoms with Crippen molar-refractivity contribution in [2.45, 2.75) is 142 Å². The minimum atomic E-state index is -1.49. The number of aromatic hydroxyl groups is 1. The number of carboxylic acid groups (broad SMARTS) is 1. The van der Waals surface area contributed by atoms with E-state index in [2.05, 4.69) is 17.6 Å². The zero-order valence-corrected chi connectivity index (χ0v) is 30.8. The molecule has 1 heterocycles. The van der Waals surface area contributed by atoms with E-state index in [0.717, 1.165) is 32.1 Å². The Balaban J connectivity index is 2.21. The van der Waals surface area contributed by atoms with Crippen LogP contribution in [0.5, 0.6) is 5.75 Å². The largest absolute Gasteiger partial charge is 0.508 e. The van der Waals surface area contributed by atoms with E-state index in [-0.39, 0.29) is 37.0 Å². The van der Waals surface area contributed by atoms with Gasteiger partial charge in [-0.3, -0.25) is 19.2 Å². The molecule has 1 saturated heterocycles. The number of nitrogens with two attached hydrogens (primary N) is 1. The molecule has 7 atom stereocenters. The second kappa shape index (κ2) is 20.8. The van der Waals surface area contributed by atoms with Crippen molar-refractivity contribution in [1.82, 2.24) is 20.4 Å². The van der Waals surface area contributed by atoms with Crippen LogP contribution in [0.15, 0.2) is 24.3 Å². The Morgan fingerprint density at radius 2 is 1.64 bits per heavy atom. The number of unbranched alkanes of at least 4 members (excludes halogenated alkanes) is 4. The lowest BCUT2D eigenvalue weighted by Crippen LogP contribution is -2.60. The van der Waals surface area contributed by atoms with Crippen LogP contribution in [-0.4, -0.2) is 105 Å². The van der Waals surface area contributed by atoms with Gasteiger partial charge in [0.05, 0.1) is 0 Å². The number of phenolic OH excluding ortho intramolecular Hbond substituents is 1. The van der Waals surface area contributed by atoms with Crippen LogP contribution in [0, 0.1) is 11.8 Å². The number of amides is 4. The maximum Gasteiger partial charge on any atom is 0.326 e. The van der Waals surface area contributed by atoms with Gasteiger partial charge in [-0.05, 0) is 55.2 Å². The fraction of sp³-hybridized carbons (Fsp3) is 0.703. The average Bonchev–Trinajstić information content (AvgIpc) is 3.58. The maximum atomic E-state index is 14.2. The van der Waals surface area contributed by atoms with Crippen molar-refractivity contribution in [1.29, 1.82) is 0 Å². The number of likely N-dealkylation sites (N-methyl/N-ethyl adjacent to an activating group) is 1.